The van der Waals surface area contributed by atoms with Crippen molar-refractivity contribution in [3.63, 3.8) is 0 Å². The number of hydrogen-bond donors (Lipinski definition) is 0. The Kier molecular flexibility index (Phi) is 5.64. The molecular formula is C21H40O3. The second kappa shape index (κ2) is 6.30. The molecule has 0 amide bonds. The zero-order valence-electron chi connectivity index (χ0n) is 17.9. The normalized spacial score (nSPS) is 22.0. The molecule has 0 spiro atoms. The Morgan fingerprint density at radius 3 is 1.75 bits per heavy atom. The fourth-order valence-corrected chi connectivity index (χ4v) is 4.20. The summed E-state index contributed by atoms with van der Waals surface area (Å²) < 4.78 is 10.9. The summed E-state index contributed by atoms with van der Waals surface area (Å²) in [7, 11) is 0. The molecule has 1 aliphatic rings. The molecule has 0 aromatic carbocycles. The molecule has 0 aromatic rings. The summed E-state index contributed by atoms with van der Waals surface area (Å²) in [4.78, 5) is 13.2. The van der Waals surface area contributed by atoms with Gasteiger partial charge in [0, 0.05) is 0 Å². The van der Waals surface area contributed by atoms with Crippen LogP contribution < -0.4 is 0 Å². The Bertz CT molecular complexity index is 458. The maximum atomic E-state index is 13.2. The van der Waals surface area contributed by atoms with Crippen molar-refractivity contribution in [2.24, 2.45) is 27.1 Å². The van der Waals surface area contributed by atoms with Crippen LogP contribution in [-0.2, 0) is 14.3 Å². The lowest BCUT2D eigenvalue weighted by molar-refractivity contribution is -0.187. The zero-order valence-corrected chi connectivity index (χ0v) is 17.9. The number of hydrogen-bond acceptors (Lipinski definition) is 3. The first-order valence-corrected chi connectivity index (χ1v) is 9.24. The third kappa shape index (κ3) is 4.15. The van der Waals surface area contributed by atoms with Crippen molar-refractivity contribution < 1.29 is 14.3 Å². The third-order valence-corrected chi connectivity index (χ3v) is 6.63. The molecule has 1 fully saturated rings. The van der Waals surface area contributed by atoms with E-state index in [-0.39, 0.29) is 33.7 Å². The van der Waals surface area contributed by atoms with Gasteiger partial charge in [-0.25, -0.2) is 0 Å². The first kappa shape index (κ1) is 21.5. The first-order valence-electron chi connectivity index (χ1n) is 9.24. The molecule has 1 saturated heterocycles. The lowest BCUT2D eigenvalue weighted by Gasteiger charge is -2.58. The molecule has 0 aliphatic carbocycles. The van der Waals surface area contributed by atoms with Crippen molar-refractivity contribution in [2.45, 2.75) is 88.7 Å². The minimum atomic E-state index is -0.607. The molecule has 0 aromatic heterocycles. The second-order valence-electron chi connectivity index (χ2n) is 11.2. The van der Waals surface area contributed by atoms with Gasteiger partial charge in [0.1, 0.15) is 12.7 Å². The van der Waals surface area contributed by atoms with Gasteiger partial charge in [0.2, 0.25) is 0 Å². The first-order chi connectivity index (χ1) is 10.5. The Balaban J connectivity index is 3.23. The van der Waals surface area contributed by atoms with Gasteiger partial charge >= 0.3 is 5.97 Å². The second-order valence-corrected chi connectivity index (χ2v) is 11.2. The zero-order chi connectivity index (χ0) is 19.2. The Morgan fingerprint density at radius 1 is 0.958 bits per heavy atom. The van der Waals surface area contributed by atoms with Gasteiger partial charge in [0.25, 0.3) is 0 Å². The predicted molar refractivity (Wildman–Crippen MR) is 99.9 cm³/mol. The predicted octanol–water partition coefficient (Wildman–Crippen LogP) is 5.47. The van der Waals surface area contributed by atoms with Gasteiger partial charge in [0.15, 0.2) is 0 Å². The molecule has 0 saturated carbocycles. The molecule has 0 radical (unpaired) electrons. The van der Waals surface area contributed by atoms with Crippen LogP contribution in [0.1, 0.15) is 82.6 Å². The summed E-state index contributed by atoms with van der Waals surface area (Å²) >= 11 is 0. The number of ether oxygens (including phenoxy) is 2. The van der Waals surface area contributed by atoms with Crippen LogP contribution in [-0.4, -0.2) is 25.3 Å². The average molecular weight is 341 g/mol. The van der Waals surface area contributed by atoms with E-state index in [2.05, 4.69) is 76.2 Å². The van der Waals surface area contributed by atoms with E-state index in [1.54, 1.807) is 0 Å². The summed E-state index contributed by atoms with van der Waals surface area (Å²) in [6, 6.07) is 0. The fraction of sp³-hybridized carbons (Fsp3) is 0.952. The van der Waals surface area contributed by atoms with Crippen LogP contribution in [0, 0.1) is 27.1 Å². The summed E-state index contributed by atoms with van der Waals surface area (Å²) in [6.45, 7) is 25.5. The highest BCUT2D eigenvalue weighted by molar-refractivity contribution is 5.78. The SMILES string of the molecule is CC(C)(C)CC(C)(C)C(C)(C)C(C)(C(=O)OCC1CO1)C(C)(C)C. The lowest BCUT2D eigenvalue weighted by atomic mass is 9.45. The molecular weight excluding hydrogens is 300 g/mol. The van der Waals surface area contributed by atoms with Crippen molar-refractivity contribution >= 4 is 5.97 Å². The van der Waals surface area contributed by atoms with Gasteiger partial charge in [-0.05, 0) is 35.0 Å². The van der Waals surface area contributed by atoms with Crippen LogP contribution in [0.4, 0.5) is 0 Å². The Hall–Kier alpha value is -0.570. The van der Waals surface area contributed by atoms with Crippen LogP contribution in [0.25, 0.3) is 0 Å². The summed E-state index contributed by atoms with van der Waals surface area (Å²) in [5, 5.41) is 0. The molecule has 24 heavy (non-hydrogen) atoms. The van der Waals surface area contributed by atoms with E-state index in [0.717, 1.165) is 6.42 Å². The Labute approximate surface area is 149 Å². The van der Waals surface area contributed by atoms with Gasteiger partial charge in [0.05, 0.1) is 12.0 Å². The molecule has 0 bridgehead atoms. The van der Waals surface area contributed by atoms with Gasteiger partial charge in [-0.2, -0.15) is 0 Å². The number of carbonyl (C=O) groups excluding carboxylic acids is 1. The highest BCUT2D eigenvalue weighted by Crippen LogP contribution is 2.62. The minimum absolute atomic E-state index is 0.0254. The van der Waals surface area contributed by atoms with Crippen LogP contribution in [0.2, 0.25) is 0 Å². The molecule has 1 rings (SSSR count). The smallest absolute Gasteiger partial charge is 0.312 e. The maximum absolute atomic E-state index is 13.2. The van der Waals surface area contributed by atoms with Gasteiger partial charge < -0.3 is 9.47 Å². The van der Waals surface area contributed by atoms with E-state index in [1.165, 1.54) is 0 Å². The molecule has 1 aliphatic heterocycles. The maximum Gasteiger partial charge on any atom is 0.312 e. The van der Waals surface area contributed by atoms with E-state index in [4.69, 9.17) is 9.47 Å². The van der Waals surface area contributed by atoms with Crippen LogP contribution in [0.5, 0.6) is 0 Å². The standard InChI is InChI=1S/C21H40O3/c1-17(2,3)14-19(7,8)20(9,10)21(11,18(4,5)6)16(22)24-13-15-12-23-15/h15H,12-14H2,1-11H3. The Morgan fingerprint density at radius 2 is 1.42 bits per heavy atom. The van der Waals surface area contributed by atoms with Crippen LogP contribution in [0.3, 0.4) is 0 Å². The van der Waals surface area contributed by atoms with Gasteiger partial charge in [-0.15, -0.1) is 0 Å². The number of epoxide rings is 1. The van der Waals surface area contributed by atoms with E-state index in [9.17, 15) is 4.79 Å². The monoisotopic (exact) mass is 340 g/mol. The minimum Gasteiger partial charge on any atom is -0.462 e. The van der Waals surface area contributed by atoms with Crippen LogP contribution >= 0.6 is 0 Å². The van der Waals surface area contributed by atoms with Gasteiger partial charge in [-0.3, -0.25) is 4.79 Å². The van der Waals surface area contributed by atoms with Gasteiger partial charge in [-0.1, -0.05) is 69.2 Å². The number of rotatable bonds is 6. The molecule has 3 heteroatoms. The summed E-state index contributed by atoms with van der Waals surface area (Å²) in [6.07, 6.45) is 1.14. The third-order valence-electron chi connectivity index (χ3n) is 6.63. The summed E-state index contributed by atoms with van der Waals surface area (Å²) in [5.41, 5.74) is -0.891. The highest BCUT2D eigenvalue weighted by Gasteiger charge is 2.61. The van der Waals surface area contributed by atoms with Crippen LogP contribution in [0.15, 0.2) is 0 Å². The molecule has 2 unspecified atom stereocenters. The van der Waals surface area contributed by atoms with Crippen molar-refractivity contribution in [3.05, 3.63) is 0 Å². The molecule has 0 N–H and O–H groups in total. The quantitative estimate of drug-likeness (QED) is 0.475. The van der Waals surface area contributed by atoms with E-state index < -0.39 is 5.41 Å². The van der Waals surface area contributed by atoms with E-state index >= 15 is 0 Å². The highest BCUT2D eigenvalue weighted by atomic mass is 16.6. The lowest BCUT2D eigenvalue weighted by Crippen LogP contribution is -2.58. The molecule has 1 heterocycles. The van der Waals surface area contributed by atoms with Crippen molar-refractivity contribution in [1.82, 2.24) is 0 Å². The number of carbonyl (C=O) groups is 1. The topological polar surface area (TPSA) is 38.8 Å². The molecule has 3 nitrogen and oxygen atoms in total. The van der Waals surface area contributed by atoms with Crippen molar-refractivity contribution in [3.8, 4) is 0 Å². The van der Waals surface area contributed by atoms with E-state index in [0.29, 0.717) is 13.2 Å². The van der Waals surface area contributed by atoms with Crippen molar-refractivity contribution in [2.75, 3.05) is 13.2 Å². The largest absolute Gasteiger partial charge is 0.462 e. The summed E-state index contributed by atoms with van der Waals surface area (Å²) in [5.74, 6) is -0.0996. The molecule has 2 atom stereocenters. The molecule has 142 valence electrons. The average Bonchev–Trinajstić information content (AvgIpc) is 3.13. The fourth-order valence-electron chi connectivity index (χ4n) is 4.20. The van der Waals surface area contributed by atoms with Crippen molar-refractivity contribution in [1.29, 1.82) is 0 Å². The number of esters is 1. The van der Waals surface area contributed by atoms with E-state index in [1.807, 2.05) is 0 Å².